The van der Waals surface area contributed by atoms with Crippen LogP contribution in [0.2, 0.25) is 0 Å². The van der Waals surface area contributed by atoms with E-state index in [9.17, 15) is 4.79 Å². The summed E-state index contributed by atoms with van der Waals surface area (Å²) in [6.45, 7) is 6.83. The molecule has 0 spiro atoms. The minimum absolute atomic E-state index is 0.138. The lowest BCUT2D eigenvalue weighted by atomic mass is 9.98. The van der Waals surface area contributed by atoms with Crippen molar-refractivity contribution in [1.82, 2.24) is 4.90 Å². The van der Waals surface area contributed by atoms with Gasteiger partial charge in [-0.1, -0.05) is 32.0 Å². The Hall–Kier alpha value is -1.55. The number of carbonyl (C=O) groups is 1. The summed E-state index contributed by atoms with van der Waals surface area (Å²) >= 11 is 0. The fourth-order valence-electron chi connectivity index (χ4n) is 2.92. The normalized spacial score (nSPS) is 19.7. The lowest BCUT2D eigenvalue weighted by molar-refractivity contribution is -0.138. The van der Waals surface area contributed by atoms with Gasteiger partial charge in [0.05, 0.1) is 13.2 Å². The smallest absolute Gasteiger partial charge is 0.317 e. The number of piperidine rings is 1. The number of carboxylic acid groups (broad SMARTS) is 1. The van der Waals surface area contributed by atoms with Gasteiger partial charge in [0.2, 0.25) is 0 Å². The first-order chi connectivity index (χ1) is 10.1. The maximum Gasteiger partial charge on any atom is 0.317 e. The summed E-state index contributed by atoms with van der Waals surface area (Å²) in [5.74, 6) is 1.07. The van der Waals surface area contributed by atoms with Gasteiger partial charge in [0, 0.05) is 12.5 Å². The topological polar surface area (TPSA) is 49.8 Å². The van der Waals surface area contributed by atoms with Crippen molar-refractivity contribution in [2.45, 2.75) is 32.6 Å². The van der Waals surface area contributed by atoms with E-state index in [4.69, 9.17) is 9.84 Å². The SMILES string of the molecule is CC(C)c1ccccc1OCC1CCCN(CC(=O)O)C1. The Morgan fingerprint density at radius 2 is 2.19 bits per heavy atom. The molecule has 21 heavy (non-hydrogen) atoms. The molecule has 1 aliphatic rings. The Bertz CT molecular complexity index is 473. The molecule has 1 aliphatic heterocycles. The standard InChI is InChI=1S/C17H25NO3/c1-13(2)15-7-3-4-8-16(15)21-12-14-6-5-9-18(10-14)11-17(19)20/h3-4,7-8,13-14H,5-6,9-12H2,1-2H3,(H,19,20). The summed E-state index contributed by atoms with van der Waals surface area (Å²) in [6.07, 6.45) is 2.16. The van der Waals surface area contributed by atoms with Crippen LogP contribution < -0.4 is 4.74 Å². The van der Waals surface area contributed by atoms with Crippen molar-refractivity contribution in [3.05, 3.63) is 29.8 Å². The number of nitrogens with zero attached hydrogens (tertiary/aromatic N) is 1. The summed E-state index contributed by atoms with van der Waals surface area (Å²) in [7, 11) is 0. The Morgan fingerprint density at radius 1 is 1.43 bits per heavy atom. The van der Waals surface area contributed by atoms with E-state index in [1.165, 1.54) is 5.56 Å². The molecule has 1 heterocycles. The highest BCUT2D eigenvalue weighted by Crippen LogP contribution is 2.27. The molecule has 1 aromatic rings. The van der Waals surface area contributed by atoms with E-state index >= 15 is 0 Å². The van der Waals surface area contributed by atoms with Crippen LogP contribution in [0.15, 0.2) is 24.3 Å². The second kappa shape index (κ2) is 7.46. The number of likely N-dealkylation sites (tertiary alicyclic amines) is 1. The third-order valence-electron chi connectivity index (χ3n) is 3.98. The van der Waals surface area contributed by atoms with Gasteiger partial charge in [-0.3, -0.25) is 9.69 Å². The number of hydrogen-bond acceptors (Lipinski definition) is 3. The van der Waals surface area contributed by atoms with Crippen molar-refractivity contribution < 1.29 is 14.6 Å². The molecule has 1 saturated heterocycles. The van der Waals surface area contributed by atoms with Crippen molar-refractivity contribution in [2.75, 3.05) is 26.2 Å². The Kier molecular flexibility index (Phi) is 5.62. The minimum atomic E-state index is -0.748. The summed E-state index contributed by atoms with van der Waals surface area (Å²) in [5.41, 5.74) is 1.23. The number of aliphatic carboxylic acids is 1. The maximum atomic E-state index is 10.8. The molecule has 0 aliphatic carbocycles. The van der Waals surface area contributed by atoms with Gasteiger partial charge in [-0.05, 0) is 36.9 Å². The molecule has 4 nitrogen and oxygen atoms in total. The van der Waals surface area contributed by atoms with Gasteiger partial charge in [0.25, 0.3) is 0 Å². The average molecular weight is 291 g/mol. The molecular formula is C17H25NO3. The number of rotatable bonds is 6. The van der Waals surface area contributed by atoms with E-state index in [1.54, 1.807) is 0 Å². The Balaban J connectivity index is 1.89. The maximum absolute atomic E-state index is 10.8. The van der Waals surface area contributed by atoms with Crippen LogP contribution >= 0.6 is 0 Å². The molecule has 2 rings (SSSR count). The van der Waals surface area contributed by atoms with Gasteiger partial charge in [0.15, 0.2) is 0 Å². The lowest BCUT2D eigenvalue weighted by Crippen LogP contribution is -2.40. The van der Waals surface area contributed by atoms with Gasteiger partial charge in [-0.15, -0.1) is 0 Å². The molecule has 4 heteroatoms. The zero-order chi connectivity index (χ0) is 15.2. The number of para-hydroxylation sites is 1. The van der Waals surface area contributed by atoms with Crippen LogP contribution in [-0.4, -0.2) is 42.2 Å². The summed E-state index contributed by atoms with van der Waals surface area (Å²) < 4.78 is 6.02. The monoisotopic (exact) mass is 291 g/mol. The fourth-order valence-corrected chi connectivity index (χ4v) is 2.92. The van der Waals surface area contributed by atoms with Crippen molar-refractivity contribution in [3.63, 3.8) is 0 Å². The molecule has 1 unspecified atom stereocenters. The summed E-state index contributed by atoms with van der Waals surface area (Å²) in [5, 5.41) is 8.88. The van der Waals surface area contributed by atoms with E-state index in [2.05, 4.69) is 19.9 Å². The first-order valence-electron chi connectivity index (χ1n) is 7.72. The van der Waals surface area contributed by atoms with Crippen LogP contribution in [0.25, 0.3) is 0 Å². The zero-order valence-corrected chi connectivity index (χ0v) is 12.9. The number of carboxylic acids is 1. The average Bonchev–Trinajstić information content (AvgIpc) is 2.45. The van der Waals surface area contributed by atoms with Crippen LogP contribution in [0.3, 0.4) is 0 Å². The van der Waals surface area contributed by atoms with Gasteiger partial charge in [0.1, 0.15) is 5.75 Å². The van der Waals surface area contributed by atoms with Gasteiger partial charge in [-0.25, -0.2) is 0 Å². The van der Waals surface area contributed by atoms with E-state index in [0.29, 0.717) is 18.4 Å². The molecule has 0 amide bonds. The Morgan fingerprint density at radius 3 is 2.90 bits per heavy atom. The molecule has 1 aromatic carbocycles. The van der Waals surface area contributed by atoms with Crippen LogP contribution in [0, 0.1) is 5.92 Å². The van der Waals surface area contributed by atoms with Gasteiger partial charge < -0.3 is 9.84 Å². The van der Waals surface area contributed by atoms with E-state index in [1.807, 2.05) is 23.1 Å². The van der Waals surface area contributed by atoms with E-state index in [0.717, 1.165) is 31.7 Å². The molecule has 0 aromatic heterocycles. The third kappa shape index (κ3) is 4.74. The summed E-state index contributed by atoms with van der Waals surface area (Å²) in [4.78, 5) is 12.8. The molecule has 1 atom stereocenters. The minimum Gasteiger partial charge on any atom is -0.493 e. The Labute approximate surface area is 126 Å². The molecule has 1 N–H and O–H groups in total. The summed E-state index contributed by atoms with van der Waals surface area (Å²) in [6, 6.07) is 8.17. The number of ether oxygens (including phenoxy) is 1. The molecule has 116 valence electrons. The highest BCUT2D eigenvalue weighted by molar-refractivity contribution is 5.69. The number of hydrogen-bond donors (Lipinski definition) is 1. The molecule has 0 saturated carbocycles. The fraction of sp³-hybridized carbons (Fsp3) is 0.588. The van der Waals surface area contributed by atoms with Crippen LogP contribution in [-0.2, 0) is 4.79 Å². The van der Waals surface area contributed by atoms with Crippen LogP contribution in [0.5, 0.6) is 5.75 Å². The van der Waals surface area contributed by atoms with Crippen molar-refractivity contribution >= 4 is 5.97 Å². The molecule has 1 fully saturated rings. The van der Waals surface area contributed by atoms with Gasteiger partial charge >= 0.3 is 5.97 Å². The second-order valence-corrected chi connectivity index (χ2v) is 6.14. The van der Waals surface area contributed by atoms with Crippen molar-refractivity contribution in [1.29, 1.82) is 0 Å². The largest absolute Gasteiger partial charge is 0.493 e. The van der Waals surface area contributed by atoms with Gasteiger partial charge in [-0.2, -0.15) is 0 Å². The predicted octanol–water partition coefficient (Wildman–Crippen LogP) is 2.99. The lowest BCUT2D eigenvalue weighted by Gasteiger charge is -2.31. The van der Waals surface area contributed by atoms with Crippen molar-refractivity contribution in [3.8, 4) is 5.75 Å². The highest BCUT2D eigenvalue weighted by Gasteiger charge is 2.22. The first-order valence-corrected chi connectivity index (χ1v) is 7.72. The predicted molar refractivity (Wildman–Crippen MR) is 82.8 cm³/mol. The molecule has 0 radical (unpaired) electrons. The quantitative estimate of drug-likeness (QED) is 0.875. The van der Waals surface area contributed by atoms with Crippen molar-refractivity contribution in [2.24, 2.45) is 5.92 Å². The molecular weight excluding hydrogens is 266 g/mol. The van der Waals surface area contributed by atoms with E-state index < -0.39 is 5.97 Å². The van der Waals surface area contributed by atoms with E-state index in [-0.39, 0.29) is 6.54 Å². The van der Waals surface area contributed by atoms with Crippen LogP contribution in [0.4, 0.5) is 0 Å². The molecule has 0 bridgehead atoms. The second-order valence-electron chi connectivity index (χ2n) is 6.14. The highest BCUT2D eigenvalue weighted by atomic mass is 16.5. The number of benzene rings is 1. The first kappa shape index (κ1) is 15.8. The third-order valence-corrected chi connectivity index (χ3v) is 3.98. The van der Waals surface area contributed by atoms with Crippen LogP contribution in [0.1, 0.15) is 38.2 Å². The zero-order valence-electron chi connectivity index (χ0n) is 12.9.